The predicted octanol–water partition coefficient (Wildman–Crippen LogP) is 3.08. The van der Waals surface area contributed by atoms with Crippen LogP contribution in [0.25, 0.3) is 0 Å². The highest BCUT2D eigenvalue weighted by molar-refractivity contribution is 5.51. The van der Waals surface area contributed by atoms with Crippen LogP contribution in [0.5, 0.6) is 0 Å². The Morgan fingerprint density at radius 2 is 1.90 bits per heavy atom. The maximum atomic E-state index is 14.3. The zero-order chi connectivity index (χ0) is 15.6. The molecule has 21 heavy (non-hydrogen) atoms. The van der Waals surface area contributed by atoms with Crippen molar-refractivity contribution in [1.82, 2.24) is 5.32 Å². The van der Waals surface area contributed by atoms with Gasteiger partial charge in [-0.15, -0.1) is 0 Å². The monoisotopic (exact) mass is 298 g/mol. The molecule has 1 atom stereocenters. The second kappa shape index (κ2) is 6.28. The molecule has 5 heteroatoms. The van der Waals surface area contributed by atoms with Gasteiger partial charge in [-0.1, -0.05) is 0 Å². The quantitative estimate of drug-likeness (QED) is 0.928. The maximum Gasteiger partial charge on any atom is 0.149 e. The molecule has 1 fully saturated rings. The lowest BCUT2D eigenvalue weighted by molar-refractivity contribution is 0.0527. The van der Waals surface area contributed by atoms with Gasteiger partial charge in [-0.3, -0.25) is 0 Å². The van der Waals surface area contributed by atoms with Crippen LogP contribution in [0.2, 0.25) is 0 Å². The summed E-state index contributed by atoms with van der Waals surface area (Å²) in [6, 6.07) is 2.83. The molecule has 1 N–H and O–H groups in total. The van der Waals surface area contributed by atoms with E-state index in [0.717, 1.165) is 0 Å². The van der Waals surface area contributed by atoms with Crippen LogP contribution in [-0.2, 0) is 11.3 Å². The largest absolute Gasteiger partial charge is 0.375 e. The van der Waals surface area contributed by atoms with E-state index in [9.17, 15) is 8.78 Å². The average Bonchev–Trinajstić information content (AvgIpc) is 2.35. The molecule has 118 valence electrons. The number of nitrogens with one attached hydrogen (secondary N) is 1. The molecular weight excluding hydrogens is 274 g/mol. The molecule has 3 nitrogen and oxygen atoms in total. The highest BCUT2D eigenvalue weighted by Gasteiger charge is 2.23. The van der Waals surface area contributed by atoms with Crippen molar-refractivity contribution < 1.29 is 13.5 Å². The van der Waals surface area contributed by atoms with Crippen molar-refractivity contribution in [1.29, 1.82) is 0 Å². The fourth-order valence-corrected chi connectivity index (χ4v) is 2.41. The number of rotatable bonds is 3. The Bertz CT molecular complexity index is 477. The summed E-state index contributed by atoms with van der Waals surface area (Å²) in [5.74, 6) is -1.01. The smallest absolute Gasteiger partial charge is 0.149 e. The van der Waals surface area contributed by atoms with Crippen molar-refractivity contribution in [3.63, 3.8) is 0 Å². The summed E-state index contributed by atoms with van der Waals surface area (Å²) in [6.45, 7) is 9.91. The van der Waals surface area contributed by atoms with Crippen LogP contribution in [0.1, 0.15) is 33.3 Å². The van der Waals surface area contributed by atoms with E-state index in [4.69, 9.17) is 4.74 Å². The number of ether oxygens (including phenoxy) is 1. The molecule has 1 aromatic rings. The minimum atomic E-state index is -0.505. The first-order valence-electron chi connectivity index (χ1n) is 7.36. The molecule has 0 aliphatic carbocycles. The standard InChI is InChI=1S/C16H24F2N2O/c1-11-10-20(5-6-21-11)15-13(17)7-12(8-14(15)18)9-19-16(2,3)4/h7-8,11,19H,5-6,9-10H2,1-4H3. The first-order chi connectivity index (χ1) is 9.76. The lowest BCUT2D eigenvalue weighted by Crippen LogP contribution is -2.42. The number of benzene rings is 1. The molecular formula is C16H24F2N2O. The third-order valence-electron chi connectivity index (χ3n) is 3.46. The first-order valence-corrected chi connectivity index (χ1v) is 7.36. The van der Waals surface area contributed by atoms with E-state index in [0.29, 0.717) is 31.8 Å². The van der Waals surface area contributed by atoms with Crippen LogP contribution in [0.4, 0.5) is 14.5 Å². The zero-order valence-electron chi connectivity index (χ0n) is 13.2. The molecule has 1 saturated heterocycles. The van der Waals surface area contributed by atoms with Gasteiger partial charge in [0.25, 0.3) is 0 Å². The third kappa shape index (κ3) is 4.38. The number of hydrogen-bond donors (Lipinski definition) is 1. The van der Waals surface area contributed by atoms with E-state index in [-0.39, 0.29) is 17.3 Å². The molecule has 0 aromatic heterocycles. The van der Waals surface area contributed by atoms with Gasteiger partial charge in [-0.05, 0) is 45.4 Å². The fourth-order valence-electron chi connectivity index (χ4n) is 2.41. The normalized spacial score (nSPS) is 19.9. The van der Waals surface area contributed by atoms with Crippen molar-refractivity contribution in [3.05, 3.63) is 29.3 Å². The summed E-state index contributed by atoms with van der Waals surface area (Å²) < 4.78 is 34.0. The van der Waals surface area contributed by atoms with Gasteiger partial charge >= 0.3 is 0 Å². The van der Waals surface area contributed by atoms with Crippen molar-refractivity contribution >= 4 is 5.69 Å². The number of hydrogen-bond acceptors (Lipinski definition) is 3. The van der Waals surface area contributed by atoms with Crippen LogP contribution >= 0.6 is 0 Å². The molecule has 1 aliphatic heterocycles. The SMILES string of the molecule is CC1CN(c2c(F)cc(CNC(C)(C)C)cc2F)CCO1. The Balaban J connectivity index is 2.17. The Labute approximate surface area is 125 Å². The average molecular weight is 298 g/mol. The highest BCUT2D eigenvalue weighted by Crippen LogP contribution is 2.27. The second-order valence-electron chi connectivity index (χ2n) is 6.64. The van der Waals surface area contributed by atoms with Crippen molar-refractivity contribution in [2.75, 3.05) is 24.6 Å². The van der Waals surface area contributed by atoms with Crippen LogP contribution < -0.4 is 10.2 Å². The Morgan fingerprint density at radius 3 is 2.43 bits per heavy atom. The van der Waals surface area contributed by atoms with Gasteiger partial charge in [-0.25, -0.2) is 8.78 Å². The van der Waals surface area contributed by atoms with E-state index in [1.807, 2.05) is 27.7 Å². The number of nitrogens with zero attached hydrogens (tertiary/aromatic N) is 1. The van der Waals surface area contributed by atoms with Crippen molar-refractivity contribution in [3.8, 4) is 0 Å². The maximum absolute atomic E-state index is 14.3. The van der Waals surface area contributed by atoms with Gasteiger partial charge in [-0.2, -0.15) is 0 Å². The van der Waals surface area contributed by atoms with Gasteiger partial charge in [0, 0.05) is 25.2 Å². The lowest BCUT2D eigenvalue weighted by atomic mass is 10.1. The minimum Gasteiger partial charge on any atom is -0.375 e. The molecule has 2 rings (SSSR count). The summed E-state index contributed by atoms with van der Waals surface area (Å²) in [5, 5.41) is 3.23. The first kappa shape index (κ1) is 16.2. The topological polar surface area (TPSA) is 24.5 Å². The lowest BCUT2D eigenvalue weighted by Gasteiger charge is -2.33. The Hall–Kier alpha value is -1.20. The molecule has 1 aromatic carbocycles. The molecule has 0 bridgehead atoms. The number of halogens is 2. The Kier molecular flexibility index (Phi) is 4.84. The summed E-state index contributed by atoms with van der Waals surface area (Å²) in [5.41, 5.74) is 0.584. The predicted molar refractivity (Wildman–Crippen MR) is 80.6 cm³/mol. The number of anilines is 1. The Morgan fingerprint density at radius 1 is 1.29 bits per heavy atom. The zero-order valence-corrected chi connectivity index (χ0v) is 13.2. The summed E-state index contributed by atoms with van der Waals surface area (Å²) >= 11 is 0. The van der Waals surface area contributed by atoms with E-state index in [1.54, 1.807) is 4.90 Å². The second-order valence-corrected chi connectivity index (χ2v) is 6.64. The van der Waals surface area contributed by atoms with Gasteiger partial charge in [0.2, 0.25) is 0 Å². The fraction of sp³-hybridized carbons (Fsp3) is 0.625. The highest BCUT2D eigenvalue weighted by atomic mass is 19.1. The van der Waals surface area contributed by atoms with Crippen LogP contribution in [0.3, 0.4) is 0 Å². The minimum absolute atomic E-state index is 0.0141. The van der Waals surface area contributed by atoms with Gasteiger partial charge in [0.15, 0.2) is 0 Å². The molecule has 0 spiro atoms. The third-order valence-corrected chi connectivity index (χ3v) is 3.46. The number of morpholine rings is 1. The van der Waals surface area contributed by atoms with Gasteiger partial charge in [0.05, 0.1) is 12.7 Å². The summed E-state index contributed by atoms with van der Waals surface area (Å²) in [7, 11) is 0. The van der Waals surface area contributed by atoms with Crippen LogP contribution in [0.15, 0.2) is 12.1 Å². The molecule has 0 radical (unpaired) electrons. The van der Waals surface area contributed by atoms with E-state index < -0.39 is 11.6 Å². The molecule has 1 unspecified atom stereocenters. The van der Waals surface area contributed by atoms with Crippen molar-refractivity contribution in [2.24, 2.45) is 0 Å². The van der Waals surface area contributed by atoms with Crippen LogP contribution in [0, 0.1) is 11.6 Å². The van der Waals surface area contributed by atoms with E-state index >= 15 is 0 Å². The summed E-state index contributed by atoms with van der Waals surface area (Å²) in [6.07, 6.45) is -0.0141. The van der Waals surface area contributed by atoms with Gasteiger partial charge < -0.3 is 15.0 Å². The molecule has 1 aliphatic rings. The van der Waals surface area contributed by atoms with Gasteiger partial charge in [0.1, 0.15) is 17.3 Å². The molecule has 0 amide bonds. The van der Waals surface area contributed by atoms with E-state index in [2.05, 4.69) is 5.32 Å². The van der Waals surface area contributed by atoms with Crippen molar-refractivity contribution in [2.45, 2.75) is 45.9 Å². The summed E-state index contributed by atoms with van der Waals surface area (Å²) in [4.78, 5) is 1.72. The molecule has 0 saturated carbocycles. The molecule has 1 heterocycles. The van der Waals surface area contributed by atoms with Crippen LogP contribution in [-0.4, -0.2) is 31.3 Å². The van der Waals surface area contributed by atoms with E-state index in [1.165, 1.54) is 12.1 Å².